The lowest BCUT2D eigenvalue weighted by Gasteiger charge is -2.21. The Bertz CT molecular complexity index is 560. The van der Waals surface area contributed by atoms with Crippen molar-refractivity contribution in [2.45, 2.75) is 50.6 Å². The second-order valence-corrected chi connectivity index (χ2v) is 6.24. The minimum atomic E-state index is 0.0781. The summed E-state index contributed by atoms with van der Waals surface area (Å²) < 4.78 is 5.69. The third-order valence-electron chi connectivity index (χ3n) is 3.47. The molecule has 0 saturated heterocycles. The first-order chi connectivity index (χ1) is 9.51. The highest BCUT2D eigenvalue weighted by Crippen LogP contribution is 2.38. The zero-order valence-electron chi connectivity index (χ0n) is 12.5. The number of hydrogen-bond acceptors (Lipinski definition) is 4. The van der Waals surface area contributed by atoms with Gasteiger partial charge in [0.15, 0.2) is 0 Å². The minimum absolute atomic E-state index is 0.0781. The highest BCUT2D eigenvalue weighted by molar-refractivity contribution is 7.99. The zero-order valence-corrected chi connectivity index (χ0v) is 13.3. The van der Waals surface area contributed by atoms with E-state index in [9.17, 15) is 0 Å². The molecular formula is C16H22N2OS. The number of nitrogens with two attached hydrogens (primary N) is 1. The fourth-order valence-electron chi connectivity index (χ4n) is 2.07. The van der Waals surface area contributed by atoms with Crippen LogP contribution >= 0.6 is 11.8 Å². The summed E-state index contributed by atoms with van der Waals surface area (Å²) in [5, 5.41) is 0.868. The largest absolute Gasteiger partial charge is 0.437 e. The molecular weight excluding hydrogens is 268 g/mol. The third kappa shape index (κ3) is 3.44. The second-order valence-electron chi connectivity index (χ2n) is 5.15. The molecule has 1 heterocycles. The van der Waals surface area contributed by atoms with Crippen LogP contribution in [0.4, 0.5) is 0 Å². The number of rotatable bonds is 5. The van der Waals surface area contributed by atoms with Crippen LogP contribution in [0.5, 0.6) is 0 Å². The van der Waals surface area contributed by atoms with Gasteiger partial charge in [-0.2, -0.15) is 0 Å². The normalized spacial score (nSPS) is 14.2. The summed E-state index contributed by atoms with van der Waals surface area (Å²) in [7, 11) is 0. The van der Waals surface area contributed by atoms with Crippen LogP contribution in [0.3, 0.4) is 0 Å². The molecule has 2 atom stereocenters. The van der Waals surface area contributed by atoms with E-state index in [1.54, 1.807) is 11.8 Å². The van der Waals surface area contributed by atoms with E-state index in [1.165, 1.54) is 11.1 Å². The molecule has 0 aliphatic carbocycles. The third-order valence-corrected chi connectivity index (χ3v) is 4.72. The molecule has 2 unspecified atom stereocenters. The first kappa shape index (κ1) is 15.1. The Morgan fingerprint density at radius 3 is 2.60 bits per heavy atom. The van der Waals surface area contributed by atoms with Gasteiger partial charge in [0.2, 0.25) is 0 Å². The molecule has 2 aromatic rings. The molecule has 2 rings (SSSR count). The van der Waals surface area contributed by atoms with E-state index in [2.05, 4.69) is 43.1 Å². The maximum absolute atomic E-state index is 6.30. The molecule has 0 bridgehead atoms. The number of benzene rings is 1. The van der Waals surface area contributed by atoms with Crippen LogP contribution in [0.1, 0.15) is 41.2 Å². The summed E-state index contributed by atoms with van der Waals surface area (Å²) in [6.45, 7) is 8.11. The predicted octanol–water partition coefficient (Wildman–Crippen LogP) is 4.17. The average molecular weight is 290 g/mol. The lowest BCUT2D eigenvalue weighted by atomic mass is 10.0. The highest BCUT2D eigenvalue weighted by Gasteiger charge is 2.22. The van der Waals surface area contributed by atoms with Crippen molar-refractivity contribution in [3.63, 3.8) is 0 Å². The first-order valence-corrected chi connectivity index (χ1v) is 7.82. The van der Waals surface area contributed by atoms with Crippen molar-refractivity contribution < 1.29 is 4.42 Å². The van der Waals surface area contributed by atoms with E-state index >= 15 is 0 Å². The Morgan fingerprint density at radius 1 is 1.30 bits per heavy atom. The number of nitrogens with zero attached hydrogens (tertiary/aromatic N) is 1. The fraction of sp³-hybridized carbons (Fsp3) is 0.438. The second kappa shape index (κ2) is 6.46. The molecule has 0 amide bonds. The summed E-state index contributed by atoms with van der Waals surface area (Å²) in [4.78, 5) is 4.46. The quantitative estimate of drug-likeness (QED) is 0.840. The predicted molar refractivity (Wildman–Crippen MR) is 84.0 cm³/mol. The molecule has 0 spiro atoms. The summed E-state index contributed by atoms with van der Waals surface area (Å²) in [5.41, 5.74) is 9.73. The lowest BCUT2D eigenvalue weighted by molar-refractivity contribution is 0.429. The molecule has 0 radical (unpaired) electrons. The first-order valence-electron chi connectivity index (χ1n) is 6.94. The van der Waals surface area contributed by atoms with Crippen molar-refractivity contribution in [1.29, 1.82) is 0 Å². The molecule has 1 aromatic heterocycles. The smallest absolute Gasteiger partial charge is 0.256 e. The van der Waals surface area contributed by atoms with Gasteiger partial charge in [-0.3, -0.25) is 0 Å². The molecule has 3 nitrogen and oxygen atoms in total. The van der Waals surface area contributed by atoms with E-state index in [-0.39, 0.29) is 11.3 Å². The van der Waals surface area contributed by atoms with Crippen molar-refractivity contribution in [1.82, 2.24) is 4.98 Å². The number of aryl methyl sites for hydroxylation is 3. The Labute approximate surface area is 125 Å². The van der Waals surface area contributed by atoms with Gasteiger partial charge in [0, 0.05) is 6.04 Å². The maximum Gasteiger partial charge on any atom is 0.256 e. The van der Waals surface area contributed by atoms with Gasteiger partial charge in [-0.1, -0.05) is 48.5 Å². The molecule has 0 saturated carbocycles. The Kier molecular flexibility index (Phi) is 4.89. The summed E-state index contributed by atoms with van der Waals surface area (Å²) in [5.74, 6) is 0.876. The summed E-state index contributed by atoms with van der Waals surface area (Å²) in [6.07, 6.45) is 0.921. The van der Waals surface area contributed by atoms with Gasteiger partial charge in [0.05, 0.1) is 10.9 Å². The van der Waals surface area contributed by atoms with Gasteiger partial charge in [-0.25, -0.2) is 4.98 Å². The van der Waals surface area contributed by atoms with Crippen LogP contribution in [0.25, 0.3) is 0 Å². The van der Waals surface area contributed by atoms with Crippen LogP contribution in [0.2, 0.25) is 0 Å². The van der Waals surface area contributed by atoms with Crippen LogP contribution < -0.4 is 5.73 Å². The fourth-order valence-corrected chi connectivity index (χ4v) is 3.30. The van der Waals surface area contributed by atoms with Crippen LogP contribution in [-0.2, 0) is 0 Å². The van der Waals surface area contributed by atoms with Crippen molar-refractivity contribution in [3.8, 4) is 0 Å². The Morgan fingerprint density at radius 2 is 2.05 bits per heavy atom. The monoisotopic (exact) mass is 290 g/mol. The number of thioether (sulfide) groups is 1. The number of hydrogen-bond donors (Lipinski definition) is 1. The van der Waals surface area contributed by atoms with Gasteiger partial charge >= 0.3 is 0 Å². The highest BCUT2D eigenvalue weighted by atomic mass is 32.2. The molecule has 0 aliphatic heterocycles. The van der Waals surface area contributed by atoms with Crippen LogP contribution in [0.15, 0.2) is 33.9 Å². The average Bonchev–Trinajstić information content (AvgIpc) is 2.74. The van der Waals surface area contributed by atoms with Crippen LogP contribution in [-0.4, -0.2) is 11.0 Å². The Balaban J connectivity index is 2.28. The molecule has 2 N–H and O–H groups in total. The molecule has 0 aliphatic rings. The standard InChI is InChI=1S/C16H22N2OS/c1-5-14(17)15(13-8-6-7-10(2)9-13)20-16-18-11(3)12(4)19-16/h6-9,14-15H,5,17H2,1-4H3. The molecule has 0 fully saturated rings. The van der Waals surface area contributed by atoms with Crippen molar-refractivity contribution in [3.05, 3.63) is 46.8 Å². The molecule has 20 heavy (non-hydrogen) atoms. The number of aromatic nitrogens is 1. The van der Waals surface area contributed by atoms with Gasteiger partial charge in [0.25, 0.3) is 5.22 Å². The van der Waals surface area contributed by atoms with E-state index in [1.807, 2.05) is 13.8 Å². The van der Waals surface area contributed by atoms with Crippen molar-refractivity contribution >= 4 is 11.8 Å². The van der Waals surface area contributed by atoms with Gasteiger partial charge in [0.1, 0.15) is 5.76 Å². The molecule has 4 heteroatoms. The maximum atomic E-state index is 6.30. The van der Waals surface area contributed by atoms with Crippen LogP contribution in [0, 0.1) is 20.8 Å². The zero-order chi connectivity index (χ0) is 14.7. The molecule has 1 aromatic carbocycles. The van der Waals surface area contributed by atoms with E-state index < -0.39 is 0 Å². The van der Waals surface area contributed by atoms with Gasteiger partial charge < -0.3 is 10.2 Å². The number of oxazole rings is 1. The minimum Gasteiger partial charge on any atom is -0.437 e. The van der Waals surface area contributed by atoms with E-state index in [4.69, 9.17) is 10.2 Å². The van der Waals surface area contributed by atoms with E-state index in [0.29, 0.717) is 5.22 Å². The van der Waals surface area contributed by atoms with Gasteiger partial charge in [-0.15, -0.1) is 0 Å². The van der Waals surface area contributed by atoms with Crippen molar-refractivity contribution in [2.24, 2.45) is 5.73 Å². The van der Waals surface area contributed by atoms with Gasteiger partial charge in [-0.05, 0) is 32.8 Å². The molecule has 108 valence electrons. The SMILES string of the molecule is CCC(N)C(Sc1nc(C)c(C)o1)c1cccc(C)c1. The van der Waals surface area contributed by atoms with E-state index in [0.717, 1.165) is 17.9 Å². The summed E-state index contributed by atoms with van der Waals surface area (Å²) >= 11 is 1.62. The topological polar surface area (TPSA) is 52.0 Å². The Hall–Kier alpha value is -1.26. The van der Waals surface area contributed by atoms with Crippen molar-refractivity contribution in [2.75, 3.05) is 0 Å². The summed E-state index contributed by atoms with van der Waals surface area (Å²) in [6, 6.07) is 8.57. The lowest BCUT2D eigenvalue weighted by Crippen LogP contribution is -2.25.